The number of benzene rings is 9. The molecule has 0 aliphatic heterocycles. The van der Waals surface area contributed by atoms with E-state index in [4.69, 9.17) is 0 Å². The van der Waals surface area contributed by atoms with Crippen LogP contribution in [-0.4, -0.2) is 0 Å². The quantitative estimate of drug-likeness (QED) is 0.141. The van der Waals surface area contributed by atoms with Gasteiger partial charge >= 0.3 is 0 Å². The van der Waals surface area contributed by atoms with E-state index >= 15 is 0 Å². The molecule has 0 bridgehead atoms. The van der Waals surface area contributed by atoms with Gasteiger partial charge in [0.1, 0.15) is 0 Å². The Labute approximate surface area is 364 Å². The predicted octanol–water partition coefficient (Wildman–Crippen LogP) is 16.3. The lowest BCUT2D eigenvalue weighted by atomic mass is 9.69. The average molecular weight is 790 g/mol. The molecule has 0 saturated heterocycles. The van der Waals surface area contributed by atoms with Gasteiger partial charge in [-0.3, -0.25) is 0 Å². The molecule has 0 heterocycles. The molecule has 62 heavy (non-hydrogen) atoms. The molecule has 0 N–H and O–H groups in total. The maximum absolute atomic E-state index is 4.45. The molecule has 0 fully saturated rings. The predicted molar refractivity (Wildman–Crippen MR) is 262 cm³/mol. The Morgan fingerprint density at radius 1 is 0.306 bits per heavy atom. The van der Waals surface area contributed by atoms with Crippen molar-refractivity contribution in [3.8, 4) is 55.6 Å². The van der Waals surface area contributed by atoms with E-state index in [1.54, 1.807) is 0 Å². The third-order valence-electron chi connectivity index (χ3n) is 12.9. The second-order valence-corrected chi connectivity index (χ2v) is 16.1. The van der Waals surface area contributed by atoms with Crippen LogP contribution in [-0.2, 0) is 5.41 Å². The van der Waals surface area contributed by atoms with Gasteiger partial charge in [-0.2, -0.15) is 0 Å². The van der Waals surface area contributed by atoms with E-state index in [9.17, 15) is 0 Å². The molecule has 0 aromatic heterocycles. The minimum Gasteiger partial charge on any atom is -0.310 e. The molecule has 9 aromatic rings. The average Bonchev–Trinajstić information content (AvgIpc) is 3.81. The van der Waals surface area contributed by atoms with Gasteiger partial charge in [-0.05, 0) is 125 Å². The van der Waals surface area contributed by atoms with Crippen molar-refractivity contribution in [2.75, 3.05) is 4.90 Å². The Morgan fingerprint density at radius 2 is 0.726 bits per heavy atom. The lowest BCUT2D eigenvalue weighted by molar-refractivity contribution is 0.786. The van der Waals surface area contributed by atoms with E-state index < -0.39 is 5.41 Å². The molecule has 1 atom stereocenters. The third-order valence-corrected chi connectivity index (χ3v) is 12.9. The van der Waals surface area contributed by atoms with Crippen LogP contribution >= 0.6 is 0 Å². The molecular formula is C61H43N. The first-order valence-electron chi connectivity index (χ1n) is 21.3. The summed E-state index contributed by atoms with van der Waals surface area (Å²) in [4.78, 5) is 2.43. The number of anilines is 3. The largest absolute Gasteiger partial charge is 0.310 e. The topological polar surface area (TPSA) is 3.24 Å². The molecule has 2 aliphatic rings. The first kappa shape index (κ1) is 37.0. The Hall–Kier alpha value is -8.00. The summed E-state index contributed by atoms with van der Waals surface area (Å²) in [6, 6.07) is 81.7. The number of nitrogens with zero attached hydrogens (tertiary/aromatic N) is 1. The van der Waals surface area contributed by atoms with Gasteiger partial charge in [0.2, 0.25) is 0 Å². The molecule has 2 aliphatic carbocycles. The molecule has 1 unspecified atom stereocenters. The van der Waals surface area contributed by atoms with Crippen LogP contribution in [0.3, 0.4) is 0 Å². The van der Waals surface area contributed by atoms with E-state index in [-0.39, 0.29) is 0 Å². The van der Waals surface area contributed by atoms with E-state index in [2.05, 4.69) is 249 Å². The fourth-order valence-corrected chi connectivity index (χ4v) is 10.1. The second-order valence-electron chi connectivity index (χ2n) is 16.1. The fraction of sp³-hybridized carbons (Fsp3) is 0.0164. The van der Waals surface area contributed by atoms with Crippen LogP contribution in [0.5, 0.6) is 0 Å². The number of hydrogen-bond donors (Lipinski definition) is 0. The van der Waals surface area contributed by atoms with E-state index in [1.165, 1.54) is 77.9 Å². The van der Waals surface area contributed by atoms with E-state index in [0.717, 1.165) is 28.2 Å². The van der Waals surface area contributed by atoms with Crippen molar-refractivity contribution >= 4 is 22.6 Å². The first-order valence-corrected chi connectivity index (χ1v) is 21.3. The summed E-state index contributed by atoms with van der Waals surface area (Å²) in [6.07, 6.45) is 4.07. The molecule has 9 aromatic carbocycles. The molecule has 1 spiro atoms. The zero-order valence-electron chi connectivity index (χ0n) is 34.4. The monoisotopic (exact) mass is 789 g/mol. The third kappa shape index (κ3) is 5.85. The number of allylic oxidation sites excluding steroid dienone is 4. The Morgan fingerprint density at radius 3 is 1.32 bits per heavy atom. The van der Waals surface area contributed by atoms with Crippen LogP contribution in [0.25, 0.3) is 61.2 Å². The molecule has 1 heteroatoms. The first-order chi connectivity index (χ1) is 30.7. The normalized spacial score (nSPS) is 14.6. The lowest BCUT2D eigenvalue weighted by Gasteiger charge is -2.33. The summed E-state index contributed by atoms with van der Waals surface area (Å²) in [5.74, 6) is 0. The number of hydrogen-bond acceptors (Lipinski definition) is 1. The Balaban J connectivity index is 1.14. The van der Waals surface area contributed by atoms with Crippen molar-refractivity contribution in [1.29, 1.82) is 0 Å². The zero-order valence-corrected chi connectivity index (χ0v) is 34.4. The molecule has 0 amide bonds. The van der Waals surface area contributed by atoms with Crippen molar-refractivity contribution in [2.45, 2.75) is 5.41 Å². The molecule has 11 rings (SSSR count). The summed E-state index contributed by atoms with van der Waals surface area (Å²) in [5.41, 5.74) is 21.9. The summed E-state index contributed by atoms with van der Waals surface area (Å²) in [7, 11) is 0. The summed E-state index contributed by atoms with van der Waals surface area (Å²) in [5, 5.41) is 0. The van der Waals surface area contributed by atoms with Crippen molar-refractivity contribution in [2.24, 2.45) is 0 Å². The molecular weight excluding hydrogens is 747 g/mol. The van der Waals surface area contributed by atoms with Crippen molar-refractivity contribution in [3.05, 3.63) is 278 Å². The number of fused-ring (bicyclic) bond motifs is 7. The highest BCUT2D eigenvalue weighted by atomic mass is 15.1. The second kappa shape index (κ2) is 15.2. The zero-order chi connectivity index (χ0) is 41.6. The SMILES string of the molecule is C=CC1=C(C=C)C2(c3ccccc31)c1ccccc1-c1ccc(N(c3ccc(-c4ccccc4)cc3)c3ccc(-c4ccccc4)c(-c4ccc(-c5ccccc5)cc4)c3)cc12. The van der Waals surface area contributed by atoms with Gasteiger partial charge < -0.3 is 4.90 Å². The van der Waals surface area contributed by atoms with Gasteiger partial charge in [0, 0.05) is 17.1 Å². The minimum absolute atomic E-state index is 0.546. The molecule has 292 valence electrons. The minimum atomic E-state index is -0.546. The van der Waals surface area contributed by atoms with Gasteiger partial charge in [-0.15, -0.1) is 0 Å². The lowest BCUT2D eigenvalue weighted by Crippen LogP contribution is -2.27. The van der Waals surface area contributed by atoms with Crippen LogP contribution in [0.15, 0.2) is 255 Å². The highest BCUT2D eigenvalue weighted by Gasteiger charge is 2.51. The van der Waals surface area contributed by atoms with Crippen LogP contribution in [0.4, 0.5) is 17.1 Å². The van der Waals surface area contributed by atoms with Crippen LogP contribution in [0.1, 0.15) is 22.3 Å². The van der Waals surface area contributed by atoms with Gasteiger partial charge in [-0.25, -0.2) is 0 Å². The van der Waals surface area contributed by atoms with Gasteiger partial charge in [0.15, 0.2) is 0 Å². The molecule has 0 radical (unpaired) electrons. The smallest absolute Gasteiger partial charge is 0.0726 e. The van der Waals surface area contributed by atoms with Gasteiger partial charge in [0.05, 0.1) is 5.41 Å². The number of rotatable bonds is 9. The highest BCUT2D eigenvalue weighted by molar-refractivity contribution is 5.99. The fourth-order valence-electron chi connectivity index (χ4n) is 10.1. The highest BCUT2D eigenvalue weighted by Crippen LogP contribution is 2.63. The van der Waals surface area contributed by atoms with Crippen LogP contribution in [0, 0.1) is 0 Å². The van der Waals surface area contributed by atoms with Crippen LogP contribution < -0.4 is 4.90 Å². The Kier molecular flexibility index (Phi) is 9.10. The standard InChI is InChI=1S/C61H43N/c1-3-51-53-24-14-16-26-58(53)61(57(51)4-2)59-27-17-15-25-54(59)55-39-37-50(41-60(55)61)62(48-34-32-45(33-35-48)43-20-10-6-11-21-43)49-36-38-52(46-22-12-7-13-23-46)56(40-49)47-30-28-44(29-31-47)42-18-8-5-9-19-42/h3-41H,1-2H2. The molecule has 0 saturated carbocycles. The summed E-state index contributed by atoms with van der Waals surface area (Å²) >= 11 is 0. The Bertz CT molecular complexity index is 3180. The van der Waals surface area contributed by atoms with Crippen molar-refractivity contribution in [1.82, 2.24) is 0 Å². The van der Waals surface area contributed by atoms with Gasteiger partial charge in [-0.1, -0.05) is 213 Å². The van der Waals surface area contributed by atoms with E-state index in [0.29, 0.717) is 0 Å². The van der Waals surface area contributed by atoms with Crippen molar-refractivity contribution in [3.63, 3.8) is 0 Å². The molecule has 1 nitrogen and oxygen atoms in total. The van der Waals surface area contributed by atoms with Crippen molar-refractivity contribution < 1.29 is 0 Å². The maximum atomic E-state index is 4.45. The van der Waals surface area contributed by atoms with Gasteiger partial charge in [0.25, 0.3) is 0 Å². The van der Waals surface area contributed by atoms with E-state index in [1.807, 2.05) is 6.08 Å². The summed E-state index contributed by atoms with van der Waals surface area (Å²) < 4.78 is 0. The summed E-state index contributed by atoms with van der Waals surface area (Å²) in [6.45, 7) is 8.78. The van der Waals surface area contributed by atoms with Crippen LogP contribution in [0.2, 0.25) is 0 Å². The maximum Gasteiger partial charge on any atom is 0.0726 e.